The van der Waals surface area contributed by atoms with Crippen LogP contribution in [0.5, 0.6) is 0 Å². The van der Waals surface area contributed by atoms with Crippen LogP contribution in [0.1, 0.15) is 37.3 Å². The molecule has 0 aliphatic carbocycles. The molecule has 5 nitrogen and oxygen atoms in total. The summed E-state index contributed by atoms with van der Waals surface area (Å²) in [6, 6.07) is 10.9. The van der Waals surface area contributed by atoms with Gasteiger partial charge in [0.15, 0.2) is 0 Å². The van der Waals surface area contributed by atoms with Crippen LogP contribution in [0, 0.1) is 0 Å². The Morgan fingerprint density at radius 2 is 1.84 bits per heavy atom. The number of nitrogens with one attached hydrogen (secondary N) is 1. The zero-order chi connectivity index (χ0) is 17.6. The molecule has 130 valence electrons. The maximum Gasteiger partial charge on any atom is 0.224 e. The minimum absolute atomic E-state index is 0.0190. The van der Waals surface area contributed by atoms with E-state index >= 15 is 0 Å². The lowest BCUT2D eigenvalue weighted by Gasteiger charge is -2.25. The summed E-state index contributed by atoms with van der Waals surface area (Å²) >= 11 is 5.82. The van der Waals surface area contributed by atoms with Crippen LogP contribution < -0.4 is 5.32 Å². The SMILES string of the molecule is O=C(CCC(=O)N1CCCC1c1ccncc1)Nc1ccc(Cl)cc1. The van der Waals surface area contributed by atoms with Crippen molar-refractivity contribution in [2.24, 2.45) is 0 Å². The second-order valence-electron chi connectivity index (χ2n) is 6.08. The summed E-state index contributed by atoms with van der Waals surface area (Å²) in [6.45, 7) is 0.741. The number of pyridine rings is 1. The van der Waals surface area contributed by atoms with Crippen molar-refractivity contribution in [3.8, 4) is 0 Å². The topological polar surface area (TPSA) is 62.3 Å². The number of hydrogen-bond acceptors (Lipinski definition) is 3. The average molecular weight is 358 g/mol. The molecule has 6 heteroatoms. The summed E-state index contributed by atoms with van der Waals surface area (Å²) in [5.41, 5.74) is 1.78. The van der Waals surface area contributed by atoms with E-state index in [1.807, 2.05) is 17.0 Å². The molecule has 1 unspecified atom stereocenters. The van der Waals surface area contributed by atoms with Crippen molar-refractivity contribution in [2.45, 2.75) is 31.7 Å². The van der Waals surface area contributed by atoms with E-state index in [1.54, 1.807) is 36.7 Å². The lowest BCUT2D eigenvalue weighted by atomic mass is 10.1. The molecule has 2 heterocycles. The molecule has 1 aliphatic heterocycles. The molecule has 1 aliphatic rings. The normalized spacial score (nSPS) is 16.7. The molecule has 2 amide bonds. The van der Waals surface area contributed by atoms with E-state index in [4.69, 9.17) is 11.6 Å². The lowest BCUT2D eigenvalue weighted by Crippen LogP contribution is -2.31. The summed E-state index contributed by atoms with van der Waals surface area (Å²) in [6.07, 6.45) is 5.80. The van der Waals surface area contributed by atoms with Crippen molar-refractivity contribution in [1.29, 1.82) is 0 Å². The smallest absolute Gasteiger partial charge is 0.224 e. The third-order valence-electron chi connectivity index (χ3n) is 4.36. The number of carbonyl (C=O) groups excluding carboxylic acids is 2. The highest BCUT2D eigenvalue weighted by atomic mass is 35.5. The molecule has 2 aromatic rings. The Hall–Kier alpha value is -2.40. The van der Waals surface area contributed by atoms with Gasteiger partial charge in [-0.3, -0.25) is 14.6 Å². The van der Waals surface area contributed by atoms with E-state index in [2.05, 4.69) is 10.3 Å². The van der Waals surface area contributed by atoms with E-state index in [0.29, 0.717) is 10.7 Å². The van der Waals surface area contributed by atoms with E-state index in [-0.39, 0.29) is 30.7 Å². The van der Waals surface area contributed by atoms with Crippen LogP contribution in [0.15, 0.2) is 48.8 Å². The number of aromatic nitrogens is 1. The molecule has 1 aromatic heterocycles. The van der Waals surface area contributed by atoms with Crippen molar-refractivity contribution in [1.82, 2.24) is 9.88 Å². The zero-order valence-corrected chi connectivity index (χ0v) is 14.6. The fourth-order valence-electron chi connectivity index (χ4n) is 3.12. The Morgan fingerprint density at radius 1 is 1.12 bits per heavy atom. The van der Waals surface area contributed by atoms with Gasteiger partial charge in [0.1, 0.15) is 0 Å². The first-order valence-electron chi connectivity index (χ1n) is 8.38. The van der Waals surface area contributed by atoms with Crippen molar-refractivity contribution < 1.29 is 9.59 Å². The predicted molar refractivity (Wildman–Crippen MR) is 97.2 cm³/mol. The molecule has 1 fully saturated rings. The second kappa shape index (κ2) is 8.12. The Bertz CT molecular complexity index is 734. The molecule has 25 heavy (non-hydrogen) atoms. The monoisotopic (exact) mass is 357 g/mol. The quantitative estimate of drug-likeness (QED) is 0.884. The fourth-order valence-corrected chi connectivity index (χ4v) is 3.24. The van der Waals surface area contributed by atoms with Gasteiger partial charge in [-0.15, -0.1) is 0 Å². The van der Waals surface area contributed by atoms with Crippen molar-refractivity contribution in [3.05, 3.63) is 59.4 Å². The molecule has 1 aromatic carbocycles. The van der Waals surface area contributed by atoms with Gasteiger partial charge >= 0.3 is 0 Å². The maximum atomic E-state index is 12.5. The van der Waals surface area contributed by atoms with E-state index in [0.717, 1.165) is 24.9 Å². The van der Waals surface area contributed by atoms with Gasteiger partial charge in [0.25, 0.3) is 0 Å². The first-order chi connectivity index (χ1) is 12.1. The Kier molecular flexibility index (Phi) is 5.66. The highest BCUT2D eigenvalue weighted by molar-refractivity contribution is 6.30. The summed E-state index contributed by atoms with van der Waals surface area (Å²) in [7, 11) is 0. The number of benzene rings is 1. The number of nitrogens with zero attached hydrogens (tertiary/aromatic N) is 2. The first-order valence-corrected chi connectivity index (χ1v) is 8.76. The Labute approximate surface area is 152 Å². The van der Waals surface area contributed by atoms with Crippen LogP contribution in [-0.2, 0) is 9.59 Å². The van der Waals surface area contributed by atoms with Gasteiger partial charge in [-0.2, -0.15) is 0 Å². The van der Waals surface area contributed by atoms with Crippen molar-refractivity contribution in [3.63, 3.8) is 0 Å². The zero-order valence-electron chi connectivity index (χ0n) is 13.8. The molecule has 1 atom stereocenters. The molecule has 1 saturated heterocycles. The van der Waals surface area contributed by atoms with E-state index in [1.165, 1.54) is 0 Å². The molecule has 0 spiro atoms. The summed E-state index contributed by atoms with van der Waals surface area (Å²) in [5.74, 6) is -0.152. The molecule has 0 bridgehead atoms. The maximum absolute atomic E-state index is 12.5. The fraction of sp³-hybridized carbons (Fsp3) is 0.316. The van der Waals surface area contributed by atoms with E-state index < -0.39 is 0 Å². The van der Waals surface area contributed by atoms with Gasteiger partial charge in [-0.05, 0) is 54.8 Å². The second-order valence-corrected chi connectivity index (χ2v) is 6.52. The van der Waals surface area contributed by atoms with Gasteiger partial charge in [0.2, 0.25) is 11.8 Å². The number of rotatable bonds is 5. The number of amides is 2. The number of carbonyl (C=O) groups is 2. The number of hydrogen-bond donors (Lipinski definition) is 1. The Morgan fingerprint density at radius 3 is 2.56 bits per heavy atom. The van der Waals surface area contributed by atoms with Crippen molar-refractivity contribution in [2.75, 3.05) is 11.9 Å². The highest BCUT2D eigenvalue weighted by Crippen LogP contribution is 2.32. The van der Waals surface area contributed by atoms with Gasteiger partial charge in [-0.25, -0.2) is 0 Å². The van der Waals surface area contributed by atoms with Gasteiger partial charge in [0.05, 0.1) is 6.04 Å². The third kappa shape index (κ3) is 4.57. The standard InChI is InChI=1S/C19H20ClN3O2/c20-15-3-5-16(6-4-15)22-18(24)7-8-19(25)23-13-1-2-17(23)14-9-11-21-12-10-14/h3-6,9-12,17H,1-2,7-8,13H2,(H,22,24). The molecule has 1 N–H and O–H groups in total. The van der Waals surface area contributed by atoms with Gasteiger partial charge in [0, 0.05) is 42.5 Å². The number of halogens is 1. The summed E-state index contributed by atoms with van der Waals surface area (Å²) < 4.78 is 0. The first kappa shape index (κ1) is 17.4. The third-order valence-corrected chi connectivity index (χ3v) is 4.61. The van der Waals surface area contributed by atoms with Crippen LogP contribution in [-0.4, -0.2) is 28.2 Å². The van der Waals surface area contributed by atoms with Gasteiger partial charge in [-0.1, -0.05) is 11.6 Å². The summed E-state index contributed by atoms with van der Waals surface area (Å²) in [5, 5.41) is 3.40. The highest BCUT2D eigenvalue weighted by Gasteiger charge is 2.29. The van der Waals surface area contributed by atoms with E-state index in [9.17, 15) is 9.59 Å². The largest absolute Gasteiger partial charge is 0.336 e. The van der Waals surface area contributed by atoms with Crippen molar-refractivity contribution >= 4 is 29.1 Å². The predicted octanol–water partition coefficient (Wildman–Crippen LogP) is 3.82. The van der Waals surface area contributed by atoms with Crippen LogP contribution in [0.3, 0.4) is 0 Å². The van der Waals surface area contributed by atoms with Gasteiger partial charge < -0.3 is 10.2 Å². The minimum atomic E-state index is -0.171. The summed E-state index contributed by atoms with van der Waals surface area (Å²) in [4.78, 5) is 30.5. The molecule has 3 rings (SSSR count). The molecule has 0 saturated carbocycles. The minimum Gasteiger partial charge on any atom is -0.336 e. The Balaban J connectivity index is 1.53. The van der Waals surface area contributed by atoms with Crippen LogP contribution in [0.2, 0.25) is 5.02 Å². The molecule has 0 radical (unpaired) electrons. The lowest BCUT2D eigenvalue weighted by molar-refractivity contribution is -0.133. The number of anilines is 1. The molecular weight excluding hydrogens is 338 g/mol. The van der Waals surface area contributed by atoms with Crippen LogP contribution in [0.25, 0.3) is 0 Å². The molecular formula is C19H20ClN3O2. The van der Waals surface area contributed by atoms with Crippen LogP contribution in [0.4, 0.5) is 5.69 Å². The number of likely N-dealkylation sites (tertiary alicyclic amines) is 1. The van der Waals surface area contributed by atoms with Crippen LogP contribution >= 0.6 is 11.6 Å². The average Bonchev–Trinajstić information content (AvgIpc) is 3.12.